The first-order valence-corrected chi connectivity index (χ1v) is 8.33. The number of benzene rings is 1. The van der Waals surface area contributed by atoms with Crippen molar-refractivity contribution in [1.29, 1.82) is 0 Å². The van der Waals surface area contributed by atoms with Crippen LogP contribution in [0.25, 0.3) is 0 Å². The number of methoxy groups -OCH3 is 1. The van der Waals surface area contributed by atoms with E-state index in [1.807, 2.05) is 18.2 Å². The lowest BCUT2D eigenvalue weighted by molar-refractivity contribution is -0.153. The van der Waals surface area contributed by atoms with Crippen molar-refractivity contribution in [3.8, 4) is 0 Å². The van der Waals surface area contributed by atoms with Crippen LogP contribution in [-0.4, -0.2) is 13.1 Å². The second-order valence-corrected chi connectivity index (χ2v) is 7.65. The highest BCUT2D eigenvalue weighted by molar-refractivity contribution is 5.79. The lowest BCUT2D eigenvalue weighted by Crippen LogP contribution is -2.50. The topological polar surface area (TPSA) is 26.3 Å². The number of hydrogen-bond acceptors (Lipinski definition) is 2. The predicted molar refractivity (Wildman–Crippen MR) is 81.8 cm³/mol. The summed E-state index contributed by atoms with van der Waals surface area (Å²) < 4.78 is 5.22. The van der Waals surface area contributed by atoms with Gasteiger partial charge in [-0.2, -0.15) is 0 Å². The fraction of sp³-hybridized carbons (Fsp3) is 0.632. The molecule has 112 valence electrons. The van der Waals surface area contributed by atoms with Crippen molar-refractivity contribution < 1.29 is 9.53 Å². The molecule has 0 aliphatic heterocycles. The van der Waals surface area contributed by atoms with Crippen molar-refractivity contribution in [3.05, 3.63) is 35.9 Å². The Morgan fingerprint density at radius 2 is 1.57 bits per heavy atom. The Morgan fingerprint density at radius 3 is 2.05 bits per heavy atom. The highest BCUT2D eigenvalue weighted by atomic mass is 16.5. The first-order valence-electron chi connectivity index (χ1n) is 8.33. The normalized spacial score (nSPS) is 38.2. The average Bonchev–Trinajstić information content (AvgIpc) is 2.46. The number of carbonyl (C=O) groups is 1. The molecule has 4 fully saturated rings. The van der Waals surface area contributed by atoms with Crippen LogP contribution in [0.5, 0.6) is 0 Å². The number of carbonyl (C=O) groups excluding carboxylic acids is 1. The molecule has 2 heteroatoms. The SMILES string of the molecule is COC(=O)[C@@H](c1ccccc1)C12CC3CC(CC(C3)C1)C2. The molecule has 0 saturated heterocycles. The van der Waals surface area contributed by atoms with E-state index in [4.69, 9.17) is 4.74 Å². The van der Waals surface area contributed by atoms with E-state index in [9.17, 15) is 4.79 Å². The molecule has 4 bridgehead atoms. The van der Waals surface area contributed by atoms with E-state index in [0.29, 0.717) is 0 Å². The fourth-order valence-corrected chi connectivity index (χ4v) is 6.03. The Bertz CT molecular complexity index is 498. The Labute approximate surface area is 126 Å². The third kappa shape index (κ3) is 2.11. The van der Waals surface area contributed by atoms with E-state index < -0.39 is 0 Å². The number of esters is 1. The van der Waals surface area contributed by atoms with Crippen LogP contribution in [0.1, 0.15) is 50.0 Å². The minimum absolute atomic E-state index is 0.0249. The largest absolute Gasteiger partial charge is 0.469 e. The van der Waals surface area contributed by atoms with Crippen molar-refractivity contribution in [3.63, 3.8) is 0 Å². The second kappa shape index (κ2) is 4.86. The molecule has 0 heterocycles. The van der Waals surface area contributed by atoms with Gasteiger partial charge in [0, 0.05) is 0 Å². The van der Waals surface area contributed by atoms with Crippen LogP contribution in [0, 0.1) is 23.2 Å². The molecule has 0 N–H and O–H groups in total. The number of hydrogen-bond donors (Lipinski definition) is 0. The lowest BCUT2D eigenvalue weighted by atomic mass is 9.46. The summed E-state index contributed by atoms with van der Waals surface area (Å²) in [6.07, 6.45) is 7.90. The quantitative estimate of drug-likeness (QED) is 0.779. The molecule has 1 aromatic carbocycles. The molecule has 2 nitrogen and oxygen atoms in total. The van der Waals surface area contributed by atoms with Gasteiger partial charge in [0.05, 0.1) is 13.0 Å². The molecule has 0 spiro atoms. The van der Waals surface area contributed by atoms with Gasteiger partial charge in [0.15, 0.2) is 0 Å². The molecule has 4 saturated carbocycles. The van der Waals surface area contributed by atoms with Crippen LogP contribution in [0.3, 0.4) is 0 Å². The molecular weight excluding hydrogens is 260 g/mol. The minimum Gasteiger partial charge on any atom is -0.469 e. The Kier molecular flexibility index (Phi) is 3.09. The van der Waals surface area contributed by atoms with Gasteiger partial charge >= 0.3 is 5.97 Å². The summed E-state index contributed by atoms with van der Waals surface area (Å²) in [6.45, 7) is 0. The molecule has 4 aliphatic carbocycles. The van der Waals surface area contributed by atoms with E-state index in [2.05, 4.69) is 12.1 Å². The maximum Gasteiger partial charge on any atom is 0.313 e. The van der Waals surface area contributed by atoms with Gasteiger partial charge in [0.2, 0.25) is 0 Å². The first kappa shape index (κ1) is 13.4. The van der Waals surface area contributed by atoms with E-state index in [1.54, 1.807) is 7.11 Å². The maximum atomic E-state index is 12.6. The van der Waals surface area contributed by atoms with Crippen LogP contribution in [-0.2, 0) is 9.53 Å². The molecule has 0 unspecified atom stereocenters. The van der Waals surface area contributed by atoms with Crippen molar-refractivity contribution >= 4 is 5.97 Å². The van der Waals surface area contributed by atoms with Crippen molar-refractivity contribution in [1.82, 2.24) is 0 Å². The van der Waals surface area contributed by atoms with Crippen LogP contribution >= 0.6 is 0 Å². The van der Waals surface area contributed by atoms with Gasteiger partial charge in [-0.25, -0.2) is 0 Å². The maximum absolute atomic E-state index is 12.6. The summed E-state index contributed by atoms with van der Waals surface area (Å²) in [7, 11) is 1.54. The third-order valence-corrected chi connectivity index (χ3v) is 6.27. The van der Waals surface area contributed by atoms with Crippen LogP contribution in [0.15, 0.2) is 30.3 Å². The molecule has 0 radical (unpaired) electrons. The summed E-state index contributed by atoms with van der Waals surface area (Å²) in [5, 5.41) is 0. The van der Waals surface area contributed by atoms with Gasteiger partial charge in [-0.05, 0) is 67.3 Å². The fourth-order valence-electron chi connectivity index (χ4n) is 6.03. The molecular formula is C19H24O2. The smallest absolute Gasteiger partial charge is 0.313 e. The molecule has 0 amide bonds. The number of ether oxygens (including phenoxy) is 1. The zero-order chi connectivity index (χ0) is 14.4. The minimum atomic E-state index is -0.0582. The van der Waals surface area contributed by atoms with E-state index in [-0.39, 0.29) is 17.3 Å². The Balaban J connectivity index is 1.75. The number of rotatable bonds is 3. The Morgan fingerprint density at radius 1 is 1.05 bits per heavy atom. The molecule has 1 atom stereocenters. The van der Waals surface area contributed by atoms with Gasteiger partial charge in [0.25, 0.3) is 0 Å². The van der Waals surface area contributed by atoms with Crippen molar-refractivity contribution in [2.75, 3.05) is 7.11 Å². The van der Waals surface area contributed by atoms with Gasteiger partial charge in [-0.1, -0.05) is 30.3 Å². The van der Waals surface area contributed by atoms with Crippen molar-refractivity contribution in [2.24, 2.45) is 23.2 Å². The monoisotopic (exact) mass is 284 g/mol. The summed E-state index contributed by atoms with van der Waals surface area (Å²) in [5.41, 5.74) is 1.33. The third-order valence-electron chi connectivity index (χ3n) is 6.27. The summed E-state index contributed by atoms with van der Waals surface area (Å²) in [5.74, 6) is 2.48. The highest BCUT2D eigenvalue weighted by Crippen LogP contribution is 2.64. The van der Waals surface area contributed by atoms with E-state index in [1.165, 1.54) is 38.5 Å². The van der Waals surface area contributed by atoms with Gasteiger partial charge in [-0.3, -0.25) is 4.79 Å². The zero-order valence-corrected chi connectivity index (χ0v) is 12.8. The summed E-state index contributed by atoms with van der Waals surface area (Å²) in [6, 6.07) is 10.3. The van der Waals surface area contributed by atoms with E-state index in [0.717, 1.165) is 23.3 Å². The lowest BCUT2D eigenvalue weighted by Gasteiger charge is -2.58. The van der Waals surface area contributed by atoms with Gasteiger partial charge in [-0.15, -0.1) is 0 Å². The average molecular weight is 284 g/mol. The van der Waals surface area contributed by atoms with Gasteiger partial charge < -0.3 is 4.74 Å². The second-order valence-electron chi connectivity index (χ2n) is 7.65. The van der Waals surface area contributed by atoms with E-state index >= 15 is 0 Å². The van der Waals surface area contributed by atoms with Crippen LogP contribution in [0.4, 0.5) is 0 Å². The van der Waals surface area contributed by atoms with Crippen molar-refractivity contribution in [2.45, 2.75) is 44.4 Å². The Hall–Kier alpha value is -1.31. The summed E-state index contributed by atoms with van der Waals surface area (Å²) in [4.78, 5) is 12.6. The molecule has 1 aromatic rings. The first-order chi connectivity index (χ1) is 10.2. The zero-order valence-electron chi connectivity index (χ0n) is 12.8. The highest BCUT2D eigenvalue weighted by Gasteiger charge is 2.56. The molecule has 4 aliphatic rings. The standard InChI is InChI=1S/C19H24O2/c1-21-18(20)17(16-5-3-2-4-6-16)19-10-13-7-14(11-19)9-15(8-13)12-19/h2-6,13-15,17H,7-12H2,1H3/t13?,14?,15?,17-,19?/m1/s1. The molecule has 21 heavy (non-hydrogen) atoms. The van der Waals surface area contributed by atoms with Crippen LogP contribution < -0.4 is 0 Å². The molecule has 0 aromatic heterocycles. The van der Waals surface area contributed by atoms with Gasteiger partial charge in [0.1, 0.15) is 0 Å². The summed E-state index contributed by atoms with van der Waals surface area (Å²) >= 11 is 0. The predicted octanol–water partition coefficient (Wildman–Crippen LogP) is 4.16. The van der Waals surface area contributed by atoms with Crippen LogP contribution in [0.2, 0.25) is 0 Å². The molecule has 5 rings (SSSR count).